The minimum absolute atomic E-state index is 0.281. The lowest BCUT2D eigenvalue weighted by Gasteiger charge is -2.40. The molecule has 2 aromatic carbocycles. The Morgan fingerprint density at radius 2 is 2.04 bits per heavy atom. The molecule has 2 heterocycles. The zero-order valence-electron chi connectivity index (χ0n) is 14.6. The van der Waals surface area contributed by atoms with Gasteiger partial charge in [-0.05, 0) is 37.2 Å². The molecular weight excluding hydrogens is 412 g/mol. The van der Waals surface area contributed by atoms with Crippen molar-refractivity contribution >= 4 is 48.3 Å². The minimum atomic E-state index is -0.460. The van der Waals surface area contributed by atoms with Crippen LogP contribution in [0.3, 0.4) is 0 Å². The molecule has 0 aliphatic carbocycles. The summed E-state index contributed by atoms with van der Waals surface area (Å²) in [6, 6.07) is 16.2. The number of nitrogens with zero attached hydrogens (tertiary/aromatic N) is 3. The van der Waals surface area contributed by atoms with E-state index in [1.54, 1.807) is 0 Å². The lowest BCUT2D eigenvalue weighted by molar-refractivity contribution is 0.323. The van der Waals surface area contributed by atoms with Gasteiger partial charge in [-0.1, -0.05) is 57.6 Å². The summed E-state index contributed by atoms with van der Waals surface area (Å²) in [4.78, 5) is 6.73. The molecule has 7 heteroatoms. The number of aromatic nitrogens is 1. The molecular formula is C19H21BrN4OS. The van der Waals surface area contributed by atoms with Gasteiger partial charge in [-0.25, -0.2) is 0 Å². The van der Waals surface area contributed by atoms with E-state index in [4.69, 9.17) is 0 Å². The Balaban J connectivity index is 1.68. The predicted molar refractivity (Wildman–Crippen MR) is 114 cm³/mol. The maximum atomic E-state index is 13.9. The van der Waals surface area contributed by atoms with Gasteiger partial charge in [-0.2, -0.15) is 4.98 Å². The SMILES string of the molecule is CN1CC(Nc2ccccc2CCBr)[N+]([O-])(c2nc3ccccc3s2)C1. The number of fused-ring (bicyclic) bond motifs is 1. The van der Waals surface area contributed by atoms with Crippen molar-refractivity contribution in [1.82, 2.24) is 14.5 Å². The normalized spacial score (nSPS) is 23.6. The predicted octanol–water partition coefficient (Wildman–Crippen LogP) is 4.38. The number of likely N-dealkylation sites (N-methyl/N-ethyl adjacent to an activating group) is 1. The van der Waals surface area contributed by atoms with E-state index in [2.05, 4.69) is 43.3 Å². The molecule has 0 amide bonds. The summed E-state index contributed by atoms with van der Waals surface area (Å²) >= 11 is 5.01. The summed E-state index contributed by atoms with van der Waals surface area (Å²) < 4.78 is 0.599. The highest BCUT2D eigenvalue weighted by Gasteiger charge is 2.42. The van der Waals surface area contributed by atoms with E-state index in [1.807, 2.05) is 43.4 Å². The van der Waals surface area contributed by atoms with Gasteiger partial charge < -0.3 is 10.5 Å². The highest BCUT2D eigenvalue weighted by Crippen LogP contribution is 2.37. The molecule has 26 heavy (non-hydrogen) atoms. The molecule has 1 fully saturated rings. The molecule has 1 N–H and O–H groups in total. The fourth-order valence-corrected chi connectivity index (χ4v) is 4.94. The molecule has 4 rings (SSSR count). The largest absolute Gasteiger partial charge is 0.623 e. The van der Waals surface area contributed by atoms with Crippen LogP contribution < -0.4 is 9.96 Å². The van der Waals surface area contributed by atoms with Crippen LogP contribution in [0.2, 0.25) is 0 Å². The average molecular weight is 433 g/mol. The molecule has 1 aromatic heterocycles. The molecule has 5 nitrogen and oxygen atoms in total. The lowest BCUT2D eigenvalue weighted by Crippen LogP contribution is -2.52. The van der Waals surface area contributed by atoms with Crippen LogP contribution in [0.25, 0.3) is 10.2 Å². The number of thiazole rings is 1. The Morgan fingerprint density at radius 1 is 1.27 bits per heavy atom. The molecule has 2 atom stereocenters. The van der Waals surface area contributed by atoms with Crippen molar-refractivity contribution in [2.75, 3.05) is 30.9 Å². The van der Waals surface area contributed by atoms with Crippen LogP contribution in [-0.4, -0.2) is 41.6 Å². The zero-order chi connectivity index (χ0) is 18.1. The first-order valence-corrected chi connectivity index (χ1v) is 10.6. The number of aryl methyl sites for hydroxylation is 1. The van der Waals surface area contributed by atoms with Gasteiger partial charge in [0.1, 0.15) is 6.67 Å². The first-order valence-electron chi connectivity index (χ1n) is 8.64. The van der Waals surface area contributed by atoms with E-state index < -0.39 is 4.65 Å². The number of para-hydroxylation sites is 2. The van der Waals surface area contributed by atoms with Crippen LogP contribution in [0, 0.1) is 5.21 Å². The lowest BCUT2D eigenvalue weighted by atomic mass is 10.1. The van der Waals surface area contributed by atoms with Gasteiger partial charge in [0, 0.05) is 11.0 Å². The number of halogens is 1. The summed E-state index contributed by atoms with van der Waals surface area (Å²) in [6.45, 7) is 1.08. The van der Waals surface area contributed by atoms with Gasteiger partial charge in [0.2, 0.25) is 0 Å². The summed E-state index contributed by atoms with van der Waals surface area (Å²) in [5.41, 5.74) is 3.15. The summed E-state index contributed by atoms with van der Waals surface area (Å²) in [5.74, 6) is 0. The van der Waals surface area contributed by atoms with Crippen molar-refractivity contribution < 1.29 is 0 Å². The molecule has 1 aliphatic heterocycles. The van der Waals surface area contributed by atoms with Gasteiger partial charge in [0.05, 0.1) is 16.8 Å². The number of hydroxylamine groups is 2. The van der Waals surface area contributed by atoms with Crippen molar-refractivity contribution in [2.24, 2.45) is 0 Å². The van der Waals surface area contributed by atoms with Crippen LogP contribution >= 0.6 is 27.3 Å². The summed E-state index contributed by atoms with van der Waals surface area (Å²) in [6.07, 6.45) is 0.642. The van der Waals surface area contributed by atoms with E-state index in [9.17, 15) is 5.21 Å². The maximum Gasteiger partial charge on any atom is 0.290 e. The average Bonchev–Trinajstić information content (AvgIpc) is 3.19. The number of quaternary nitrogens is 1. The first-order chi connectivity index (χ1) is 12.6. The Hall–Kier alpha value is -1.51. The molecule has 2 unspecified atom stereocenters. The van der Waals surface area contributed by atoms with Crippen molar-refractivity contribution in [1.29, 1.82) is 0 Å². The second-order valence-electron chi connectivity index (χ2n) is 6.70. The van der Waals surface area contributed by atoms with Crippen molar-refractivity contribution in [2.45, 2.75) is 12.6 Å². The van der Waals surface area contributed by atoms with Gasteiger partial charge in [-0.15, -0.1) is 0 Å². The first kappa shape index (κ1) is 17.9. The third-order valence-corrected chi connectivity index (χ3v) is 6.29. The Bertz CT molecular complexity index is 884. The van der Waals surface area contributed by atoms with Crippen LogP contribution in [0.1, 0.15) is 5.56 Å². The zero-order valence-corrected chi connectivity index (χ0v) is 17.0. The highest BCUT2D eigenvalue weighted by molar-refractivity contribution is 9.09. The molecule has 0 radical (unpaired) electrons. The smallest absolute Gasteiger partial charge is 0.290 e. The van der Waals surface area contributed by atoms with Gasteiger partial charge >= 0.3 is 0 Å². The summed E-state index contributed by atoms with van der Waals surface area (Å²) in [7, 11) is 1.99. The number of hydrogen-bond acceptors (Lipinski definition) is 5. The molecule has 136 valence electrons. The van der Waals surface area contributed by atoms with Gasteiger partial charge in [-0.3, -0.25) is 9.55 Å². The summed E-state index contributed by atoms with van der Waals surface area (Å²) in [5, 5.41) is 18.9. The second kappa shape index (κ2) is 7.25. The van der Waals surface area contributed by atoms with E-state index in [-0.39, 0.29) is 6.17 Å². The fourth-order valence-electron chi connectivity index (χ4n) is 3.47. The van der Waals surface area contributed by atoms with Crippen molar-refractivity contribution in [3.8, 4) is 0 Å². The third kappa shape index (κ3) is 3.25. The second-order valence-corrected chi connectivity index (χ2v) is 8.50. The number of anilines is 1. The number of hydrogen-bond donors (Lipinski definition) is 1. The quantitative estimate of drug-likeness (QED) is 0.369. The van der Waals surface area contributed by atoms with Crippen LogP contribution in [0.4, 0.5) is 10.8 Å². The van der Waals surface area contributed by atoms with Crippen molar-refractivity contribution in [3.05, 3.63) is 59.3 Å². The van der Waals surface area contributed by atoms with Gasteiger partial charge in [0.15, 0.2) is 6.17 Å². The maximum absolute atomic E-state index is 13.9. The fraction of sp³-hybridized carbons (Fsp3) is 0.316. The van der Waals surface area contributed by atoms with E-state index in [0.29, 0.717) is 18.3 Å². The van der Waals surface area contributed by atoms with Crippen LogP contribution in [-0.2, 0) is 6.42 Å². The number of rotatable bonds is 5. The van der Waals surface area contributed by atoms with Crippen LogP contribution in [0.5, 0.6) is 0 Å². The molecule has 1 saturated heterocycles. The minimum Gasteiger partial charge on any atom is -0.623 e. The number of nitrogens with one attached hydrogen (secondary N) is 1. The Kier molecular flexibility index (Phi) is 4.98. The molecule has 0 saturated carbocycles. The number of alkyl halides is 1. The van der Waals surface area contributed by atoms with Crippen LogP contribution in [0.15, 0.2) is 48.5 Å². The Labute approximate surface area is 165 Å². The molecule has 0 spiro atoms. The standard InChI is InChI=1S/C19H21BrN4OS/c1-23-12-18(21-15-7-3-2-6-14(15)10-11-20)24(25,13-23)19-22-16-8-4-5-9-17(16)26-19/h2-9,18,21H,10-13H2,1H3. The van der Waals surface area contributed by atoms with E-state index in [1.165, 1.54) is 16.9 Å². The Morgan fingerprint density at radius 3 is 2.85 bits per heavy atom. The third-order valence-electron chi connectivity index (χ3n) is 4.75. The topological polar surface area (TPSA) is 51.2 Å². The van der Waals surface area contributed by atoms with Crippen molar-refractivity contribution in [3.63, 3.8) is 0 Å². The molecule has 0 bridgehead atoms. The van der Waals surface area contributed by atoms with E-state index in [0.717, 1.165) is 27.7 Å². The monoisotopic (exact) mass is 432 g/mol. The van der Waals surface area contributed by atoms with E-state index >= 15 is 0 Å². The number of benzene rings is 2. The van der Waals surface area contributed by atoms with Gasteiger partial charge in [0.25, 0.3) is 5.13 Å². The highest BCUT2D eigenvalue weighted by atomic mass is 79.9. The molecule has 1 aliphatic rings. The molecule has 3 aromatic rings.